The van der Waals surface area contributed by atoms with Crippen LogP contribution in [0.2, 0.25) is 0 Å². The van der Waals surface area contributed by atoms with Gasteiger partial charge in [-0.3, -0.25) is 9.59 Å². The molecule has 20 heavy (non-hydrogen) atoms. The SMILES string of the molecule is CCCNC(=O)C(C)NC(=O)c1ccc(OC)cc1F. The number of ether oxygens (including phenoxy) is 1. The third-order valence-electron chi connectivity index (χ3n) is 2.71. The van der Waals surface area contributed by atoms with Crippen LogP contribution in [-0.2, 0) is 4.79 Å². The maximum atomic E-state index is 13.7. The summed E-state index contributed by atoms with van der Waals surface area (Å²) in [6, 6.07) is 3.20. The lowest BCUT2D eigenvalue weighted by molar-refractivity contribution is -0.122. The van der Waals surface area contributed by atoms with Crippen LogP contribution >= 0.6 is 0 Å². The van der Waals surface area contributed by atoms with Crippen molar-refractivity contribution in [3.05, 3.63) is 29.6 Å². The van der Waals surface area contributed by atoms with Crippen LogP contribution in [0.1, 0.15) is 30.6 Å². The summed E-state index contributed by atoms with van der Waals surface area (Å²) in [5, 5.41) is 5.11. The molecule has 0 fully saturated rings. The summed E-state index contributed by atoms with van der Waals surface area (Å²) in [5.74, 6) is -1.30. The largest absolute Gasteiger partial charge is 0.497 e. The highest BCUT2D eigenvalue weighted by Crippen LogP contribution is 2.16. The van der Waals surface area contributed by atoms with Crippen LogP contribution < -0.4 is 15.4 Å². The molecule has 0 saturated heterocycles. The Morgan fingerprint density at radius 2 is 2.10 bits per heavy atom. The molecule has 2 N–H and O–H groups in total. The van der Waals surface area contributed by atoms with Gasteiger partial charge in [0.05, 0.1) is 12.7 Å². The molecule has 1 rings (SSSR count). The van der Waals surface area contributed by atoms with Crippen molar-refractivity contribution in [2.45, 2.75) is 26.3 Å². The quantitative estimate of drug-likeness (QED) is 0.830. The van der Waals surface area contributed by atoms with Crippen molar-refractivity contribution >= 4 is 11.8 Å². The van der Waals surface area contributed by atoms with Crippen molar-refractivity contribution in [2.75, 3.05) is 13.7 Å². The van der Waals surface area contributed by atoms with E-state index >= 15 is 0 Å². The Morgan fingerprint density at radius 1 is 1.40 bits per heavy atom. The molecule has 2 amide bonds. The second kappa shape index (κ2) is 7.47. The van der Waals surface area contributed by atoms with Gasteiger partial charge in [-0.2, -0.15) is 0 Å². The molecule has 1 aromatic carbocycles. The van der Waals surface area contributed by atoms with E-state index in [1.807, 2.05) is 6.92 Å². The average Bonchev–Trinajstić information content (AvgIpc) is 2.44. The van der Waals surface area contributed by atoms with Crippen LogP contribution in [0.5, 0.6) is 5.75 Å². The van der Waals surface area contributed by atoms with Gasteiger partial charge in [0.15, 0.2) is 0 Å². The van der Waals surface area contributed by atoms with Crippen molar-refractivity contribution in [2.24, 2.45) is 0 Å². The predicted molar refractivity (Wildman–Crippen MR) is 73.2 cm³/mol. The van der Waals surface area contributed by atoms with Gasteiger partial charge < -0.3 is 15.4 Å². The minimum atomic E-state index is -0.726. The molecule has 0 aliphatic heterocycles. The number of methoxy groups -OCH3 is 1. The third kappa shape index (κ3) is 4.22. The highest BCUT2D eigenvalue weighted by molar-refractivity contribution is 5.97. The zero-order chi connectivity index (χ0) is 15.1. The van der Waals surface area contributed by atoms with Gasteiger partial charge in [-0.1, -0.05) is 6.92 Å². The molecule has 0 spiro atoms. The Balaban J connectivity index is 2.69. The number of rotatable bonds is 6. The van der Waals surface area contributed by atoms with E-state index in [9.17, 15) is 14.0 Å². The van der Waals surface area contributed by atoms with Crippen molar-refractivity contribution in [3.63, 3.8) is 0 Å². The van der Waals surface area contributed by atoms with E-state index in [2.05, 4.69) is 10.6 Å². The van der Waals surface area contributed by atoms with Crippen molar-refractivity contribution in [1.82, 2.24) is 10.6 Å². The van der Waals surface area contributed by atoms with E-state index in [1.54, 1.807) is 6.92 Å². The minimum absolute atomic E-state index is 0.124. The summed E-state index contributed by atoms with van der Waals surface area (Å²) in [7, 11) is 1.41. The summed E-state index contributed by atoms with van der Waals surface area (Å²) in [6.07, 6.45) is 0.805. The molecule has 5 nitrogen and oxygen atoms in total. The molecule has 0 aromatic heterocycles. The van der Waals surface area contributed by atoms with Crippen LogP contribution in [-0.4, -0.2) is 31.5 Å². The minimum Gasteiger partial charge on any atom is -0.497 e. The maximum Gasteiger partial charge on any atom is 0.254 e. The normalized spacial score (nSPS) is 11.6. The maximum absolute atomic E-state index is 13.7. The van der Waals surface area contributed by atoms with Gasteiger partial charge in [0.2, 0.25) is 5.91 Å². The average molecular weight is 282 g/mol. The Hall–Kier alpha value is -2.11. The van der Waals surface area contributed by atoms with Gasteiger partial charge in [0.25, 0.3) is 5.91 Å². The van der Waals surface area contributed by atoms with Crippen molar-refractivity contribution in [3.8, 4) is 5.75 Å². The molecular formula is C14H19FN2O3. The molecule has 1 atom stereocenters. The first kappa shape index (κ1) is 15.9. The zero-order valence-electron chi connectivity index (χ0n) is 11.8. The van der Waals surface area contributed by atoms with Gasteiger partial charge in [-0.25, -0.2) is 4.39 Å². The fourth-order valence-corrected chi connectivity index (χ4v) is 1.55. The highest BCUT2D eigenvalue weighted by atomic mass is 19.1. The second-order valence-electron chi connectivity index (χ2n) is 4.33. The Kier molecular flexibility index (Phi) is 5.96. The Bertz CT molecular complexity index is 491. The Labute approximate surface area is 117 Å². The zero-order valence-corrected chi connectivity index (χ0v) is 11.8. The van der Waals surface area contributed by atoms with Crippen molar-refractivity contribution < 1.29 is 18.7 Å². The summed E-state index contributed by atoms with van der Waals surface area (Å²) in [5.41, 5.74) is -0.124. The molecular weight excluding hydrogens is 263 g/mol. The number of carbonyl (C=O) groups is 2. The summed E-state index contributed by atoms with van der Waals surface area (Å²) >= 11 is 0. The molecule has 6 heteroatoms. The highest BCUT2D eigenvalue weighted by Gasteiger charge is 2.18. The summed E-state index contributed by atoms with van der Waals surface area (Å²) in [4.78, 5) is 23.5. The second-order valence-corrected chi connectivity index (χ2v) is 4.33. The lowest BCUT2D eigenvalue weighted by Gasteiger charge is -2.14. The van der Waals surface area contributed by atoms with E-state index < -0.39 is 17.8 Å². The smallest absolute Gasteiger partial charge is 0.254 e. The lowest BCUT2D eigenvalue weighted by atomic mass is 10.1. The fourth-order valence-electron chi connectivity index (χ4n) is 1.55. The van der Waals surface area contributed by atoms with Crippen LogP contribution in [0.15, 0.2) is 18.2 Å². The first-order valence-electron chi connectivity index (χ1n) is 6.41. The number of nitrogens with one attached hydrogen (secondary N) is 2. The fraction of sp³-hybridized carbons (Fsp3) is 0.429. The van der Waals surface area contributed by atoms with Gasteiger partial charge in [0, 0.05) is 12.6 Å². The number of hydrogen-bond acceptors (Lipinski definition) is 3. The molecule has 0 aliphatic carbocycles. The van der Waals surface area contributed by atoms with Crippen LogP contribution in [0.25, 0.3) is 0 Å². The van der Waals surface area contributed by atoms with E-state index in [4.69, 9.17) is 4.74 Å². The number of benzene rings is 1. The first-order chi connectivity index (χ1) is 9.49. The number of hydrogen-bond donors (Lipinski definition) is 2. The molecule has 0 aliphatic rings. The van der Waals surface area contributed by atoms with E-state index in [0.717, 1.165) is 12.5 Å². The molecule has 0 saturated carbocycles. The van der Waals surface area contributed by atoms with Gasteiger partial charge >= 0.3 is 0 Å². The molecule has 1 aromatic rings. The van der Waals surface area contributed by atoms with Crippen LogP contribution in [0.3, 0.4) is 0 Å². The lowest BCUT2D eigenvalue weighted by Crippen LogP contribution is -2.45. The first-order valence-corrected chi connectivity index (χ1v) is 6.41. The molecule has 0 radical (unpaired) electrons. The molecule has 0 heterocycles. The summed E-state index contributed by atoms with van der Waals surface area (Å²) in [6.45, 7) is 4.01. The standard InChI is InChI=1S/C14H19FN2O3/c1-4-7-16-13(18)9(2)17-14(19)11-6-5-10(20-3)8-12(11)15/h5-6,8-9H,4,7H2,1-3H3,(H,16,18)(H,17,19). The van der Waals surface area contributed by atoms with Gasteiger partial charge in [-0.15, -0.1) is 0 Å². The van der Waals surface area contributed by atoms with Crippen molar-refractivity contribution in [1.29, 1.82) is 0 Å². The molecule has 1 unspecified atom stereocenters. The number of amides is 2. The van der Waals surface area contributed by atoms with E-state index in [0.29, 0.717) is 12.3 Å². The number of halogens is 1. The third-order valence-corrected chi connectivity index (χ3v) is 2.71. The van der Waals surface area contributed by atoms with Gasteiger partial charge in [0.1, 0.15) is 17.6 Å². The summed E-state index contributed by atoms with van der Waals surface area (Å²) < 4.78 is 18.6. The molecule has 110 valence electrons. The predicted octanol–water partition coefficient (Wildman–Crippen LogP) is 1.48. The van der Waals surface area contributed by atoms with Gasteiger partial charge in [-0.05, 0) is 25.5 Å². The Morgan fingerprint density at radius 3 is 2.65 bits per heavy atom. The van der Waals surface area contributed by atoms with Crippen LogP contribution in [0.4, 0.5) is 4.39 Å². The number of carbonyl (C=O) groups excluding carboxylic acids is 2. The van der Waals surface area contributed by atoms with E-state index in [1.165, 1.54) is 19.2 Å². The molecule has 0 bridgehead atoms. The topological polar surface area (TPSA) is 67.4 Å². The monoisotopic (exact) mass is 282 g/mol. The van der Waals surface area contributed by atoms with Crippen LogP contribution in [0, 0.1) is 5.82 Å². The van der Waals surface area contributed by atoms with E-state index in [-0.39, 0.29) is 11.5 Å².